The quantitative estimate of drug-likeness (QED) is 0.555. The Bertz CT molecular complexity index is 542. The van der Waals surface area contributed by atoms with Crippen LogP contribution in [0.1, 0.15) is 24.5 Å². The fraction of sp³-hybridized carbons (Fsp3) is 0.571. The van der Waals surface area contributed by atoms with Crippen molar-refractivity contribution in [3.8, 4) is 0 Å². The molecule has 2 rings (SSSR count). The van der Waals surface area contributed by atoms with E-state index in [0.29, 0.717) is 19.8 Å². The third-order valence-corrected chi connectivity index (χ3v) is 3.23. The number of nitrogens with zero attached hydrogens (tertiary/aromatic N) is 3. The summed E-state index contributed by atoms with van der Waals surface area (Å²) in [6, 6.07) is 1.97. The Kier molecular flexibility index (Phi) is 5.76. The van der Waals surface area contributed by atoms with E-state index in [1.807, 2.05) is 13.0 Å². The molecule has 0 aliphatic carbocycles. The predicted molar refractivity (Wildman–Crippen MR) is 79.1 cm³/mol. The molecule has 0 aliphatic heterocycles. The minimum atomic E-state index is -0.128. The normalized spacial score (nSPS) is 12.9. The lowest BCUT2D eigenvalue weighted by Crippen LogP contribution is -2.09. The molecule has 110 valence electrons. The molecular formula is C14H20ClN3O2. The zero-order valence-electron chi connectivity index (χ0n) is 11.9. The summed E-state index contributed by atoms with van der Waals surface area (Å²) in [6.45, 7) is 4.72. The molecule has 0 spiro atoms. The van der Waals surface area contributed by atoms with E-state index in [2.05, 4.69) is 14.5 Å². The largest absolute Gasteiger partial charge is 0.382 e. The predicted octanol–water partition coefficient (Wildman–Crippen LogP) is 2.78. The van der Waals surface area contributed by atoms with Crippen LogP contribution in [-0.4, -0.2) is 41.5 Å². The van der Waals surface area contributed by atoms with Crippen LogP contribution in [0.25, 0.3) is 11.0 Å². The maximum Gasteiger partial charge on any atom is 0.127 e. The molecular weight excluding hydrogens is 278 g/mol. The van der Waals surface area contributed by atoms with Gasteiger partial charge in [-0.15, -0.1) is 11.6 Å². The Morgan fingerprint density at radius 3 is 2.95 bits per heavy atom. The van der Waals surface area contributed by atoms with Gasteiger partial charge in [-0.05, 0) is 19.4 Å². The lowest BCUT2D eigenvalue weighted by molar-refractivity contribution is 0.0680. The van der Waals surface area contributed by atoms with E-state index in [0.717, 1.165) is 29.8 Å². The van der Waals surface area contributed by atoms with E-state index in [4.69, 9.17) is 21.1 Å². The van der Waals surface area contributed by atoms with Crippen molar-refractivity contribution >= 4 is 22.6 Å². The first-order valence-electron chi connectivity index (χ1n) is 6.75. The van der Waals surface area contributed by atoms with Crippen molar-refractivity contribution in [2.75, 3.05) is 26.9 Å². The van der Waals surface area contributed by atoms with Crippen LogP contribution in [0.2, 0.25) is 0 Å². The van der Waals surface area contributed by atoms with Crippen molar-refractivity contribution in [3.63, 3.8) is 0 Å². The van der Waals surface area contributed by atoms with Crippen LogP contribution in [0.5, 0.6) is 0 Å². The van der Waals surface area contributed by atoms with Gasteiger partial charge in [-0.1, -0.05) is 0 Å². The van der Waals surface area contributed by atoms with Crippen molar-refractivity contribution in [1.29, 1.82) is 0 Å². The number of methoxy groups -OCH3 is 1. The van der Waals surface area contributed by atoms with Crippen LogP contribution in [0.4, 0.5) is 0 Å². The fourth-order valence-electron chi connectivity index (χ4n) is 2.11. The number of hydrogen-bond donors (Lipinski definition) is 0. The van der Waals surface area contributed by atoms with Gasteiger partial charge in [-0.2, -0.15) is 0 Å². The van der Waals surface area contributed by atoms with Crippen LogP contribution < -0.4 is 0 Å². The number of alkyl halides is 1. The molecule has 0 saturated heterocycles. The molecule has 2 aromatic rings. The molecule has 2 heterocycles. The second-order valence-corrected chi connectivity index (χ2v) is 5.22. The molecule has 20 heavy (non-hydrogen) atoms. The summed E-state index contributed by atoms with van der Waals surface area (Å²) in [7, 11) is 1.67. The molecule has 1 atom stereocenters. The number of pyridine rings is 1. The van der Waals surface area contributed by atoms with E-state index in [-0.39, 0.29) is 5.38 Å². The van der Waals surface area contributed by atoms with Gasteiger partial charge in [-0.3, -0.25) is 4.98 Å². The first-order valence-corrected chi connectivity index (χ1v) is 7.18. The second-order valence-electron chi connectivity index (χ2n) is 4.56. The minimum Gasteiger partial charge on any atom is -0.382 e. The first-order chi connectivity index (χ1) is 9.74. The summed E-state index contributed by atoms with van der Waals surface area (Å²) < 4.78 is 12.6. The number of hydrogen-bond acceptors (Lipinski definition) is 4. The highest BCUT2D eigenvalue weighted by Gasteiger charge is 2.14. The van der Waals surface area contributed by atoms with E-state index >= 15 is 0 Å². The molecule has 0 saturated carbocycles. The molecule has 0 bridgehead atoms. The Hall–Kier alpha value is -1.17. The molecule has 6 heteroatoms. The van der Waals surface area contributed by atoms with Gasteiger partial charge in [0.2, 0.25) is 0 Å². The van der Waals surface area contributed by atoms with Crippen molar-refractivity contribution < 1.29 is 9.47 Å². The standard InChI is InChI=1S/C14H20ClN3O2/c1-11(15)14-17-12-10-16-5-4-13(12)18(14)6-3-7-20-9-8-19-2/h4-5,10-11H,3,6-9H2,1-2H3. The zero-order valence-corrected chi connectivity index (χ0v) is 12.6. The molecule has 0 N–H and O–H groups in total. The number of aromatic nitrogens is 3. The summed E-state index contributed by atoms with van der Waals surface area (Å²) in [5.74, 6) is 0.881. The summed E-state index contributed by atoms with van der Waals surface area (Å²) in [6.07, 6.45) is 4.45. The highest BCUT2D eigenvalue weighted by Crippen LogP contribution is 2.24. The van der Waals surface area contributed by atoms with Gasteiger partial charge in [0, 0.05) is 26.5 Å². The van der Waals surface area contributed by atoms with Crippen LogP contribution in [0.15, 0.2) is 18.5 Å². The Balaban J connectivity index is 2.02. The fourth-order valence-corrected chi connectivity index (χ4v) is 2.27. The number of fused-ring (bicyclic) bond motifs is 1. The average molecular weight is 298 g/mol. The van der Waals surface area contributed by atoms with Gasteiger partial charge in [-0.25, -0.2) is 4.98 Å². The van der Waals surface area contributed by atoms with E-state index < -0.39 is 0 Å². The van der Waals surface area contributed by atoms with Gasteiger partial charge in [0.15, 0.2) is 0 Å². The zero-order chi connectivity index (χ0) is 14.4. The van der Waals surface area contributed by atoms with Gasteiger partial charge in [0.1, 0.15) is 11.3 Å². The van der Waals surface area contributed by atoms with Crippen molar-refractivity contribution in [2.24, 2.45) is 0 Å². The topological polar surface area (TPSA) is 49.2 Å². The van der Waals surface area contributed by atoms with Crippen molar-refractivity contribution in [1.82, 2.24) is 14.5 Å². The summed E-state index contributed by atoms with van der Waals surface area (Å²) >= 11 is 6.21. The number of imidazole rings is 1. The molecule has 0 aromatic carbocycles. The lowest BCUT2D eigenvalue weighted by Gasteiger charge is -2.10. The summed E-state index contributed by atoms with van der Waals surface area (Å²) in [4.78, 5) is 8.65. The summed E-state index contributed by atoms with van der Waals surface area (Å²) in [5, 5.41) is -0.128. The third-order valence-electron chi connectivity index (χ3n) is 3.04. The minimum absolute atomic E-state index is 0.128. The number of halogens is 1. The van der Waals surface area contributed by atoms with Crippen LogP contribution in [0, 0.1) is 0 Å². The maximum absolute atomic E-state index is 6.21. The molecule has 5 nitrogen and oxygen atoms in total. The van der Waals surface area contributed by atoms with E-state index in [9.17, 15) is 0 Å². The van der Waals surface area contributed by atoms with Crippen LogP contribution >= 0.6 is 11.6 Å². The smallest absolute Gasteiger partial charge is 0.127 e. The van der Waals surface area contributed by atoms with Crippen LogP contribution in [0.3, 0.4) is 0 Å². The van der Waals surface area contributed by atoms with Crippen molar-refractivity contribution in [2.45, 2.75) is 25.3 Å². The molecule has 0 fully saturated rings. The molecule has 0 aliphatic rings. The third kappa shape index (κ3) is 3.69. The van der Waals surface area contributed by atoms with Gasteiger partial charge in [0.05, 0.1) is 30.3 Å². The Labute approximate surface area is 123 Å². The number of aryl methyl sites for hydroxylation is 1. The van der Waals surface area contributed by atoms with Gasteiger partial charge in [0.25, 0.3) is 0 Å². The highest BCUT2D eigenvalue weighted by molar-refractivity contribution is 6.20. The average Bonchev–Trinajstić information content (AvgIpc) is 2.82. The molecule has 2 aromatic heterocycles. The molecule has 0 radical (unpaired) electrons. The SMILES string of the molecule is COCCOCCCn1c(C(C)Cl)nc2cnccc21. The van der Waals surface area contributed by atoms with Crippen LogP contribution in [-0.2, 0) is 16.0 Å². The molecule has 1 unspecified atom stereocenters. The first kappa shape index (κ1) is 15.2. The Morgan fingerprint density at radius 2 is 2.20 bits per heavy atom. The van der Waals surface area contributed by atoms with Crippen molar-refractivity contribution in [3.05, 3.63) is 24.3 Å². The van der Waals surface area contributed by atoms with Gasteiger partial charge >= 0.3 is 0 Å². The number of rotatable bonds is 8. The maximum atomic E-state index is 6.21. The lowest BCUT2D eigenvalue weighted by atomic mass is 10.3. The second kappa shape index (κ2) is 7.57. The monoisotopic (exact) mass is 297 g/mol. The van der Waals surface area contributed by atoms with E-state index in [1.165, 1.54) is 0 Å². The van der Waals surface area contributed by atoms with E-state index in [1.54, 1.807) is 19.5 Å². The summed E-state index contributed by atoms with van der Waals surface area (Å²) in [5.41, 5.74) is 1.95. The number of ether oxygens (including phenoxy) is 2. The van der Waals surface area contributed by atoms with Gasteiger partial charge < -0.3 is 14.0 Å². The molecule has 0 amide bonds. The highest BCUT2D eigenvalue weighted by atomic mass is 35.5. The Morgan fingerprint density at radius 1 is 1.35 bits per heavy atom.